The van der Waals surface area contributed by atoms with Crippen LogP contribution in [0.4, 0.5) is 10.5 Å². The van der Waals surface area contributed by atoms with Gasteiger partial charge >= 0.3 is 12.0 Å². The zero-order valence-electron chi connectivity index (χ0n) is 15.5. The molecule has 1 aliphatic rings. The molecule has 1 saturated heterocycles. The van der Waals surface area contributed by atoms with Crippen LogP contribution in [0.5, 0.6) is 0 Å². The maximum Gasteiger partial charge on any atom is 0.324 e. The van der Waals surface area contributed by atoms with Crippen molar-refractivity contribution in [3.8, 4) is 0 Å². The van der Waals surface area contributed by atoms with Crippen molar-refractivity contribution in [3.05, 3.63) is 64.2 Å². The summed E-state index contributed by atoms with van der Waals surface area (Å²) in [7, 11) is 0. The highest BCUT2D eigenvalue weighted by Gasteiger charge is 2.33. The fourth-order valence-electron chi connectivity index (χ4n) is 3.45. The predicted octanol–water partition coefficient (Wildman–Crippen LogP) is 4.49. The van der Waals surface area contributed by atoms with E-state index < -0.39 is 5.97 Å². The predicted molar refractivity (Wildman–Crippen MR) is 106 cm³/mol. The topological polar surface area (TPSA) is 60.9 Å². The minimum absolute atomic E-state index is 0.0335. The van der Waals surface area contributed by atoms with Crippen molar-refractivity contribution in [1.82, 2.24) is 4.90 Å². The first-order chi connectivity index (χ1) is 12.8. The molecule has 0 aromatic heterocycles. The van der Waals surface area contributed by atoms with E-state index in [9.17, 15) is 14.7 Å². The fourth-order valence-corrected chi connectivity index (χ4v) is 3.67. The van der Waals surface area contributed by atoms with Gasteiger partial charge in [0.25, 0.3) is 0 Å². The standard InChI is InChI=1S/C21H23ClN2O3/c1-14-3-7-19(8-4-14)24-12-16(10-20(25)26)11-23(21(24)27)13-17-5-6-18(22)9-15(17)2/h3-9,16H,10-13H2,1-2H3,(H,25,26). The summed E-state index contributed by atoms with van der Waals surface area (Å²) < 4.78 is 0. The Labute approximate surface area is 164 Å². The minimum atomic E-state index is -0.846. The molecular formula is C21H23ClN2O3. The van der Waals surface area contributed by atoms with Crippen LogP contribution < -0.4 is 4.90 Å². The molecule has 142 valence electrons. The molecule has 1 atom stereocenters. The Morgan fingerprint density at radius 2 is 1.85 bits per heavy atom. The van der Waals surface area contributed by atoms with Crippen LogP contribution in [0.1, 0.15) is 23.1 Å². The van der Waals surface area contributed by atoms with Crippen LogP contribution in [0.25, 0.3) is 0 Å². The smallest absolute Gasteiger partial charge is 0.324 e. The lowest BCUT2D eigenvalue weighted by atomic mass is 10.00. The molecule has 0 bridgehead atoms. The van der Waals surface area contributed by atoms with Crippen LogP contribution in [0.2, 0.25) is 5.02 Å². The molecule has 0 saturated carbocycles. The Morgan fingerprint density at radius 3 is 2.48 bits per heavy atom. The van der Waals surface area contributed by atoms with Crippen LogP contribution in [-0.4, -0.2) is 35.1 Å². The quantitative estimate of drug-likeness (QED) is 0.823. The number of carbonyl (C=O) groups excluding carboxylic acids is 1. The highest BCUT2D eigenvalue weighted by Crippen LogP contribution is 2.27. The molecule has 2 amide bonds. The monoisotopic (exact) mass is 386 g/mol. The van der Waals surface area contributed by atoms with Gasteiger partial charge in [0.2, 0.25) is 0 Å². The Hall–Kier alpha value is -2.53. The summed E-state index contributed by atoms with van der Waals surface area (Å²) in [4.78, 5) is 27.8. The van der Waals surface area contributed by atoms with E-state index in [-0.39, 0.29) is 18.4 Å². The van der Waals surface area contributed by atoms with Gasteiger partial charge in [-0.3, -0.25) is 9.69 Å². The molecule has 2 aromatic rings. The van der Waals surface area contributed by atoms with Crippen molar-refractivity contribution < 1.29 is 14.7 Å². The molecule has 0 spiro atoms. The minimum Gasteiger partial charge on any atom is -0.481 e. The molecule has 0 aliphatic carbocycles. The number of urea groups is 1. The van der Waals surface area contributed by atoms with Crippen LogP contribution in [-0.2, 0) is 11.3 Å². The average molecular weight is 387 g/mol. The first kappa shape index (κ1) is 19.2. The SMILES string of the molecule is Cc1ccc(N2CC(CC(=O)O)CN(Cc3ccc(Cl)cc3C)C2=O)cc1. The second kappa shape index (κ2) is 8.01. The first-order valence-corrected chi connectivity index (χ1v) is 9.31. The fraction of sp³-hybridized carbons (Fsp3) is 0.333. The first-order valence-electron chi connectivity index (χ1n) is 8.93. The summed E-state index contributed by atoms with van der Waals surface area (Å²) in [6.07, 6.45) is 0.0335. The third-order valence-corrected chi connectivity index (χ3v) is 5.13. The third-order valence-electron chi connectivity index (χ3n) is 4.90. The molecular weight excluding hydrogens is 364 g/mol. The molecule has 6 heteroatoms. The molecule has 1 aliphatic heterocycles. The summed E-state index contributed by atoms with van der Waals surface area (Å²) >= 11 is 6.03. The zero-order chi connectivity index (χ0) is 19.6. The van der Waals surface area contributed by atoms with E-state index in [1.807, 2.05) is 56.3 Å². The Kier molecular flexibility index (Phi) is 5.71. The van der Waals surface area contributed by atoms with Crippen LogP contribution in [0.15, 0.2) is 42.5 Å². The molecule has 1 fully saturated rings. The highest BCUT2D eigenvalue weighted by molar-refractivity contribution is 6.30. The Balaban J connectivity index is 1.87. The van der Waals surface area contributed by atoms with Crippen LogP contribution in [0.3, 0.4) is 0 Å². The number of carbonyl (C=O) groups is 2. The van der Waals surface area contributed by atoms with Gasteiger partial charge in [0, 0.05) is 36.3 Å². The van der Waals surface area contributed by atoms with Gasteiger partial charge in [-0.15, -0.1) is 0 Å². The van der Waals surface area contributed by atoms with Gasteiger partial charge in [-0.1, -0.05) is 35.4 Å². The van der Waals surface area contributed by atoms with Crippen LogP contribution >= 0.6 is 11.6 Å². The number of rotatable bonds is 5. The molecule has 1 unspecified atom stereocenters. The van der Waals surface area contributed by atoms with Gasteiger partial charge < -0.3 is 10.0 Å². The maximum absolute atomic E-state index is 13.1. The van der Waals surface area contributed by atoms with E-state index in [1.165, 1.54) is 0 Å². The molecule has 1 heterocycles. The number of carboxylic acid groups (broad SMARTS) is 1. The summed E-state index contributed by atoms with van der Waals surface area (Å²) in [5, 5.41) is 9.90. The van der Waals surface area contributed by atoms with Crippen molar-refractivity contribution in [2.45, 2.75) is 26.8 Å². The summed E-state index contributed by atoms with van der Waals surface area (Å²) in [5.74, 6) is -0.977. The molecule has 3 rings (SSSR count). The number of amides is 2. The number of benzene rings is 2. The largest absolute Gasteiger partial charge is 0.481 e. The van der Waals surface area contributed by atoms with Crippen molar-refractivity contribution in [1.29, 1.82) is 0 Å². The molecule has 0 radical (unpaired) electrons. The lowest BCUT2D eigenvalue weighted by Gasteiger charge is -2.40. The summed E-state index contributed by atoms with van der Waals surface area (Å²) in [5.41, 5.74) is 3.92. The number of hydrogen-bond acceptors (Lipinski definition) is 2. The van der Waals surface area contributed by atoms with Crippen LogP contribution in [0, 0.1) is 19.8 Å². The summed E-state index contributed by atoms with van der Waals surface area (Å²) in [6, 6.07) is 13.2. The van der Waals surface area contributed by atoms with Gasteiger partial charge in [0.15, 0.2) is 0 Å². The summed E-state index contributed by atoms with van der Waals surface area (Å²) in [6.45, 7) is 5.22. The number of anilines is 1. The zero-order valence-corrected chi connectivity index (χ0v) is 16.2. The molecule has 27 heavy (non-hydrogen) atoms. The molecule has 1 N–H and O–H groups in total. The molecule has 2 aromatic carbocycles. The van der Waals surface area contributed by atoms with E-state index in [4.69, 9.17) is 11.6 Å². The second-order valence-electron chi connectivity index (χ2n) is 7.14. The van der Waals surface area contributed by atoms with Crippen molar-refractivity contribution in [2.24, 2.45) is 5.92 Å². The maximum atomic E-state index is 13.1. The van der Waals surface area contributed by atoms with Gasteiger partial charge in [-0.05, 0) is 49.2 Å². The van der Waals surface area contributed by atoms with E-state index in [2.05, 4.69) is 0 Å². The normalized spacial score (nSPS) is 17.3. The van der Waals surface area contributed by atoms with Gasteiger partial charge in [-0.25, -0.2) is 4.79 Å². The highest BCUT2D eigenvalue weighted by atomic mass is 35.5. The molecule has 5 nitrogen and oxygen atoms in total. The van der Waals surface area contributed by atoms with Gasteiger partial charge in [0.1, 0.15) is 0 Å². The average Bonchev–Trinajstić information content (AvgIpc) is 2.60. The number of nitrogens with zero attached hydrogens (tertiary/aromatic N) is 2. The Bertz CT molecular complexity index is 851. The van der Waals surface area contributed by atoms with Crippen molar-refractivity contribution in [2.75, 3.05) is 18.0 Å². The van der Waals surface area contributed by atoms with Crippen molar-refractivity contribution in [3.63, 3.8) is 0 Å². The van der Waals surface area contributed by atoms with Crippen molar-refractivity contribution >= 4 is 29.3 Å². The number of aliphatic carboxylic acids is 1. The van der Waals surface area contributed by atoms with Gasteiger partial charge in [0.05, 0.1) is 6.42 Å². The third kappa shape index (κ3) is 4.61. The van der Waals surface area contributed by atoms with E-state index >= 15 is 0 Å². The van der Waals surface area contributed by atoms with E-state index in [0.29, 0.717) is 24.7 Å². The van der Waals surface area contributed by atoms with E-state index in [1.54, 1.807) is 9.80 Å². The number of hydrogen-bond donors (Lipinski definition) is 1. The number of aryl methyl sites for hydroxylation is 2. The van der Waals surface area contributed by atoms with E-state index in [0.717, 1.165) is 22.4 Å². The number of halogens is 1. The van der Waals surface area contributed by atoms with Gasteiger partial charge in [-0.2, -0.15) is 0 Å². The number of carboxylic acids is 1. The second-order valence-corrected chi connectivity index (χ2v) is 7.58. The lowest BCUT2D eigenvalue weighted by molar-refractivity contribution is -0.138. The lowest BCUT2D eigenvalue weighted by Crippen LogP contribution is -2.53. The Morgan fingerprint density at radius 1 is 1.15 bits per heavy atom.